The number of thioether (sulfide) groups is 1. The monoisotopic (exact) mass is 239 g/mol. The van der Waals surface area contributed by atoms with E-state index in [0.717, 1.165) is 18.4 Å². The van der Waals surface area contributed by atoms with Crippen molar-refractivity contribution in [3.63, 3.8) is 0 Å². The van der Waals surface area contributed by atoms with Crippen LogP contribution in [0, 0.1) is 5.82 Å². The summed E-state index contributed by atoms with van der Waals surface area (Å²) < 4.78 is 13.4. The molecule has 16 heavy (non-hydrogen) atoms. The first-order chi connectivity index (χ1) is 7.65. The second-order valence-corrected chi connectivity index (χ2v) is 5.41. The van der Waals surface area contributed by atoms with Gasteiger partial charge in [-0.1, -0.05) is 25.3 Å². The fourth-order valence-electron chi connectivity index (χ4n) is 2.44. The van der Waals surface area contributed by atoms with Crippen LogP contribution in [-0.2, 0) is 5.54 Å². The predicted molar refractivity (Wildman–Crippen MR) is 67.1 cm³/mol. The highest BCUT2D eigenvalue weighted by atomic mass is 32.2. The average molecular weight is 239 g/mol. The first-order valence-electron chi connectivity index (χ1n) is 5.79. The van der Waals surface area contributed by atoms with Gasteiger partial charge in [0.05, 0.1) is 0 Å². The number of halogens is 1. The van der Waals surface area contributed by atoms with Gasteiger partial charge >= 0.3 is 0 Å². The zero-order valence-corrected chi connectivity index (χ0v) is 10.4. The van der Waals surface area contributed by atoms with Crippen LogP contribution < -0.4 is 5.73 Å². The van der Waals surface area contributed by atoms with Crippen molar-refractivity contribution < 1.29 is 4.39 Å². The third-order valence-electron chi connectivity index (χ3n) is 3.47. The molecule has 1 aromatic rings. The molecule has 0 atom stereocenters. The molecule has 2 rings (SSSR count). The van der Waals surface area contributed by atoms with Gasteiger partial charge in [-0.05, 0) is 36.8 Å². The molecule has 0 spiro atoms. The normalized spacial score (nSPS) is 19.7. The standard InChI is InChI=1S/C13H18FNS/c1-16-12-9-10(5-6-11(12)14)13(15)7-3-2-4-8-13/h5-6,9H,2-4,7-8,15H2,1H3. The van der Waals surface area contributed by atoms with Crippen LogP contribution in [0.25, 0.3) is 0 Å². The molecule has 0 unspecified atom stereocenters. The lowest BCUT2D eigenvalue weighted by Gasteiger charge is -2.34. The van der Waals surface area contributed by atoms with Crippen LogP contribution in [-0.4, -0.2) is 6.26 Å². The van der Waals surface area contributed by atoms with E-state index in [1.807, 2.05) is 18.4 Å². The maximum Gasteiger partial charge on any atom is 0.136 e. The van der Waals surface area contributed by atoms with Crippen molar-refractivity contribution in [1.82, 2.24) is 0 Å². The number of benzene rings is 1. The zero-order chi connectivity index (χ0) is 11.6. The van der Waals surface area contributed by atoms with Gasteiger partial charge in [0.1, 0.15) is 5.82 Å². The number of hydrogen-bond acceptors (Lipinski definition) is 2. The lowest BCUT2D eigenvalue weighted by atomic mass is 9.77. The molecule has 1 saturated carbocycles. The third kappa shape index (κ3) is 2.25. The van der Waals surface area contributed by atoms with Crippen molar-refractivity contribution in [3.8, 4) is 0 Å². The Bertz CT molecular complexity index is 372. The van der Waals surface area contributed by atoms with E-state index < -0.39 is 0 Å². The molecule has 0 heterocycles. The van der Waals surface area contributed by atoms with Crippen molar-refractivity contribution in [3.05, 3.63) is 29.6 Å². The van der Waals surface area contributed by atoms with Gasteiger partial charge in [-0.25, -0.2) is 4.39 Å². The molecule has 1 aliphatic carbocycles. The van der Waals surface area contributed by atoms with Gasteiger partial charge in [0.25, 0.3) is 0 Å². The molecule has 0 saturated heterocycles. The maximum atomic E-state index is 13.4. The number of nitrogens with two attached hydrogens (primary N) is 1. The summed E-state index contributed by atoms with van der Waals surface area (Å²) in [6.45, 7) is 0. The van der Waals surface area contributed by atoms with Gasteiger partial charge in [-0.15, -0.1) is 11.8 Å². The molecule has 0 radical (unpaired) electrons. The Morgan fingerprint density at radius 2 is 1.94 bits per heavy atom. The molecule has 0 aromatic heterocycles. The Morgan fingerprint density at radius 1 is 1.25 bits per heavy atom. The van der Waals surface area contributed by atoms with Crippen LogP contribution in [0.5, 0.6) is 0 Å². The van der Waals surface area contributed by atoms with Crippen LogP contribution in [0.15, 0.2) is 23.1 Å². The fourth-order valence-corrected chi connectivity index (χ4v) is 2.95. The van der Waals surface area contributed by atoms with Gasteiger partial charge in [0.2, 0.25) is 0 Å². The molecule has 88 valence electrons. The molecular formula is C13H18FNS. The molecule has 0 bridgehead atoms. The summed E-state index contributed by atoms with van der Waals surface area (Å²) in [5.41, 5.74) is 7.29. The van der Waals surface area contributed by atoms with Crippen LogP contribution in [0.4, 0.5) is 4.39 Å². The van der Waals surface area contributed by atoms with Crippen LogP contribution >= 0.6 is 11.8 Å². The van der Waals surface area contributed by atoms with Crippen LogP contribution in [0.2, 0.25) is 0 Å². The molecule has 1 aliphatic rings. The van der Waals surface area contributed by atoms with E-state index in [2.05, 4.69) is 0 Å². The summed E-state index contributed by atoms with van der Waals surface area (Å²) in [6, 6.07) is 5.32. The van der Waals surface area contributed by atoms with E-state index >= 15 is 0 Å². The van der Waals surface area contributed by atoms with E-state index in [-0.39, 0.29) is 11.4 Å². The molecule has 1 nitrogen and oxygen atoms in total. The van der Waals surface area contributed by atoms with Gasteiger partial charge < -0.3 is 5.73 Å². The summed E-state index contributed by atoms with van der Waals surface area (Å²) in [6.07, 6.45) is 7.58. The lowest BCUT2D eigenvalue weighted by molar-refractivity contribution is 0.301. The molecule has 1 fully saturated rings. The number of hydrogen-bond donors (Lipinski definition) is 1. The summed E-state index contributed by atoms with van der Waals surface area (Å²) in [5, 5.41) is 0. The summed E-state index contributed by atoms with van der Waals surface area (Å²) >= 11 is 1.44. The van der Waals surface area contributed by atoms with E-state index in [4.69, 9.17) is 5.73 Å². The Morgan fingerprint density at radius 3 is 2.56 bits per heavy atom. The highest BCUT2D eigenvalue weighted by Gasteiger charge is 2.29. The highest BCUT2D eigenvalue weighted by molar-refractivity contribution is 7.98. The summed E-state index contributed by atoms with van der Waals surface area (Å²) in [4.78, 5) is 0.702. The van der Waals surface area contributed by atoms with E-state index in [1.165, 1.54) is 31.0 Å². The van der Waals surface area contributed by atoms with Crippen molar-refractivity contribution in [2.24, 2.45) is 5.73 Å². The molecular weight excluding hydrogens is 221 g/mol. The van der Waals surface area contributed by atoms with Gasteiger partial charge in [0, 0.05) is 10.4 Å². The second-order valence-electron chi connectivity index (χ2n) is 4.57. The molecule has 3 heteroatoms. The van der Waals surface area contributed by atoms with Gasteiger partial charge in [-0.3, -0.25) is 0 Å². The summed E-state index contributed by atoms with van der Waals surface area (Å²) in [5.74, 6) is -0.143. The predicted octanol–water partition coefficient (Wildman–Crippen LogP) is 3.67. The van der Waals surface area contributed by atoms with E-state index in [1.54, 1.807) is 6.07 Å². The Labute approximate surface area is 101 Å². The fraction of sp³-hybridized carbons (Fsp3) is 0.538. The topological polar surface area (TPSA) is 26.0 Å². The highest BCUT2D eigenvalue weighted by Crippen LogP contribution is 2.36. The Kier molecular flexibility index (Phi) is 3.55. The second kappa shape index (κ2) is 4.76. The lowest BCUT2D eigenvalue weighted by Crippen LogP contribution is -2.38. The van der Waals surface area contributed by atoms with Crippen molar-refractivity contribution in [2.45, 2.75) is 42.5 Å². The number of rotatable bonds is 2. The molecule has 2 N–H and O–H groups in total. The SMILES string of the molecule is CSc1cc(C2(N)CCCCC2)ccc1F. The Balaban J connectivity index is 2.32. The largest absolute Gasteiger partial charge is 0.321 e. The third-order valence-corrected chi connectivity index (χ3v) is 4.22. The zero-order valence-electron chi connectivity index (χ0n) is 9.63. The van der Waals surface area contributed by atoms with Gasteiger partial charge in [0.15, 0.2) is 0 Å². The molecule has 1 aromatic carbocycles. The van der Waals surface area contributed by atoms with Crippen LogP contribution in [0.3, 0.4) is 0 Å². The summed E-state index contributed by atoms with van der Waals surface area (Å²) in [7, 11) is 0. The smallest absolute Gasteiger partial charge is 0.136 e. The quantitative estimate of drug-likeness (QED) is 0.797. The van der Waals surface area contributed by atoms with E-state index in [9.17, 15) is 4.39 Å². The molecule has 0 amide bonds. The minimum absolute atomic E-state index is 0.143. The first-order valence-corrected chi connectivity index (χ1v) is 7.01. The minimum Gasteiger partial charge on any atom is -0.321 e. The van der Waals surface area contributed by atoms with Crippen molar-refractivity contribution in [2.75, 3.05) is 6.26 Å². The van der Waals surface area contributed by atoms with Crippen LogP contribution in [0.1, 0.15) is 37.7 Å². The maximum absolute atomic E-state index is 13.4. The first kappa shape index (κ1) is 11.9. The average Bonchev–Trinajstić information content (AvgIpc) is 2.30. The molecule has 0 aliphatic heterocycles. The van der Waals surface area contributed by atoms with Crippen molar-refractivity contribution >= 4 is 11.8 Å². The van der Waals surface area contributed by atoms with Gasteiger partial charge in [-0.2, -0.15) is 0 Å². The van der Waals surface area contributed by atoms with E-state index in [0.29, 0.717) is 4.90 Å². The van der Waals surface area contributed by atoms with Crippen molar-refractivity contribution in [1.29, 1.82) is 0 Å². The Hall–Kier alpha value is -0.540. The minimum atomic E-state index is -0.226.